The fourth-order valence-corrected chi connectivity index (χ4v) is 4.19. The number of rotatable bonds is 2. The maximum atomic E-state index is 11.5. The summed E-state index contributed by atoms with van der Waals surface area (Å²) >= 11 is 3.47. The van der Waals surface area contributed by atoms with Crippen molar-refractivity contribution in [3.05, 3.63) is 69.2 Å². The number of fused-ring (bicyclic) bond motifs is 1. The van der Waals surface area contributed by atoms with E-state index in [0.29, 0.717) is 5.58 Å². The zero-order valence-electron chi connectivity index (χ0n) is 11.8. The molecule has 4 aromatic rings. The van der Waals surface area contributed by atoms with E-state index in [-0.39, 0.29) is 5.63 Å². The minimum Gasteiger partial charge on any atom is -0.423 e. The maximum absolute atomic E-state index is 11.5. The lowest BCUT2D eigenvalue weighted by Crippen LogP contribution is -1.95. The first kappa shape index (κ1) is 13.5. The molecule has 0 unspecified atom stereocenters. The van der Waals surface area contributed by atoms with Crippen molar-refractivity contribution in [2.75, 3.05) is 0 Å². The van der Waals surface area contributed by atoms with Crippen molar-refractivity contribution in [3.63, 3.8) is 0 Å². The van der Waals surface area contributed by atoms with Gasteiger partial charge in [-0.1, -0.05) is 6.07 Å². The van der Waals surface area contributed by atoms with E-state index in [9.17, 15) is 4.79 Å². The Morgan fingerprint density at radius 1 is 0.955 bits per heavy atom. The summed E-state index contributed by atoms with van der Waals surface area (Å²) in [5, 5.41) is 3.01. The van der Waals surface area contributed by atoms with E-state index < -0.39 is 0 Å². The van der Waals surface area contributed by atoms with Crippen molar-refractivity contribution in [3.8, 4) is 20.9 Å². The van der Waals surface area contributed by atoms with E-state index in [2.05, 4.69) is 36.6 Å². The molecule has 2 nitrogen and oxygen atoms in total. The lowest BCUT2D eigenvalue weighted by molar-refractivity contribution is 0.561. The average molecular weight is 324 g/mol. The van der Waals surface area contributed by atoms with Crippen LogP contribution in [0.3, 0.4) is 0 Å². The van der Waals surface area contributed by atoms with Crippen molar-refractivity contribution in [2.45, 2.75) is 6.92 Å². The summed E-state index contributed by atoms with van der Waals surface area (Å²) in [6, 6.07) is 15.8. The van der Waals surface area contributed by atoms with Gasteiger partial charge in [-0.25, -0.2) is 4.79 Å². The molecule has 0 spiro atoms. The van der Waals surface area contributed by atoms with E-state index in [4.69, 9.17) is 4.42 Å². The average Bonchev–Trinajstić information content (AvgIpc) is 3.17. The van der Waals surface area contributed by atoms with Crippen LogP contribution in [0.2, 0.25) is 0 Å². The zero-order chi connectivity index (χ0) is 15.1. The second kappa shape index (κ2) is 5.23. The van der Waals surface area contributed by atoms with Gasteiger partial charge in [0, 0.05) is 37.2 Å². The summed E-state index contributed by atoms with van der Waals surface area (Å²) < 4.78 is 5.35. The second-order valence-electron chi connectivity index (χ2n) is 5.08. The minimum atomic E-state index is -0.315. The predicted molar refractivity (Wildman–Crippen MR) is 93.8 cm³/mol. The molecule has 1 aromatic carbocycles. The van der Waals surface area contributed by atoms with Gasteiger partial charge >= 0.3 is 5.63 Å². The lowest BCUT2D eigenvalue weighted by atomic mass is 10.0. The van der Waals surface area contributed by atoms with Crippen molar-refractivity contribution in [2.24, 2.45) is 0 Å². The molecular formula is C18H12O2S2. The molecule has 0 aliphatic rings. The molecule has 4 heteroatoms. The SMILES string of the molecule is Cc1ccc(-c2cc3ccc(=O)oc3cc2-c2cccs2)s1. The number of aryl methyl sites for hydroxylation is 1. The van der Waals surface area contributed by atoms with Gasteiger partial charge in [-0.05, 0) is 48.7 Å². The highest BCUT2D eigenvalue weighted by atomic mass is 32.1. The van der Waals surface area contributed by atoms with Gasteiger partial charge < -0.3 is 4.42 Å². The number of hydrogen-bond acceptors (Lipinski definition) is 4. The quantitative estimate of drug-likeness (QED) is 0.452. The van der Waals surface area contributed by atoms with Crippen molar-refractivity contribution in [1.82, 2.24) is 0 Å². The molecule has 0 saturated heterocycles. The molecule has 0 amide bonds. The Morgan fingerprint density at radius 3 is 2.55 bits per heavy atom. The number of thiophene rings is 2. The smallest absolute Gasteiger partial charge is 0.336 e. The highest BCUT2D eigenvalue weighted by Crippen LogP contribution is 2.39. The van der Waals surface area contributed by atoms with Crippen LogP contribution >= 0.6 is 22.7 Å². The fourth-order valence-electron chi connectivity index (χ4n) is 2.53. The third-order valence-electron chi connectivity index (χ3n) is 3.55. The van der Waals surface area contributed by atoms with Crippen LogP contribution < -0.4 is 5.63 Å². The molecule has 22 heavy (non-hydrogen) atoms. The molecule has 0 aliphatic carbocycles. The zero-order valence-corrected chi connectivity index (χ0v) is 13.5. The Morgan fingerprint density at radius 2 is 1.82 bits per heavy atom. The van der Waals surface area contributed by atoms with Crippen LogP contribution in [0, 0.1) is 6.92 Å². The van der Waals surface area contributed by atoms with Gasteiger partial charge in [-0.3, -0.25) is 0 Å². The molecule has 0 aliphatic heterocycles. The normalized spacial score (nSPS) is 11.1. The van der Waals surface area contributed by atoms with Crippen LogP contribution in [0.25, 0.3) is 31.9 Å². The van der Waals surface area contributed by atoms with Gasteiger partial charge in [0.15, 0.2) is 0 Å². The Hall–Kier alpha value is -2.17. The molecule has 0 fully saturated rings. The van der Waals surface area contributed by atoms with E-state index in [1.165, 1.54) is 26.3 Å². The van der Waals surface area contributed by atoms with E-state index >= 15 is 0 Å². The third kappa shape index (κ3) is 2.30. The molecule has 4 rings (SSSR count). The molecule has 3 heterocycles. The third-order valence-corrected chi connectivity index (χ3v) is 5.49. The molecule has 3 aromatic heterocycles. The van der Waals surface area contributed by atoms with Crippen molar-refractivity contribution in [1.29, 1.82) is 0 Å². The van der Waals surface area contributed by atoms with Crippen LogP contribution in [0.1, 0.15) is 4.88 Å². The lowest BCUT2D eigenvalue weighted by Gasteiger charge is -2.08. The van der Waals surface area contributed by atoms with Crippen LogP contribution in [-0.2, 0) is 0 Å². The van der Waals surface area contributed by atoms with E-state index in [0.717, 1.165) is 10.9 Å². The highest BCUT2D eigenvalue weighted by molar-refractivity contribution is 7.16. The summed E-state index contributed by atoms with van der Waals surface area (Å²) in [4.78, 5) is 15.2. The standard InChI is InChI=1S/C18H12O2S2/c1-11-4-6-17(22-11)13-9-12-5-7-18(19)20-15(12)10-14(13)16-3-2-8-21-16/h2-10H,1H3. The summed E-state index contributed by atoms with van der Waals surface area (Å²) in [6.45, 7) is 2.11. The fraction of sp³-hybridized carbons (Fsp3) is 0.0556. The van der Waals surface area contributed by atoms with Gasteiger partial charge in [0.2, 0.25) is 0 Å². The minimum absolute atomic E-state index is 0.315. The molecule has 0 N–H and O–H groups in total. The molecule has 0 atom stereocenters. The summed E-state index contributed by atoms with van der Waals surface area (Å²) in [6.07, 6.45) is 0. The molecular weight excluding hydrogens is 312 g/mol. The van der Waals surface area contributed by atoms with Crippen LogP contribution in [0.4, 0.5) is 0 Å². The van der Waals surface area contributed by atoms with Gasteiger partial charge in [0.1, 0.15) is 5.58 Å². The largest absolute Gasteiger partial charge is 0.423 e. The molecule has 0 saturated carbocycles. The highest BCUT2D eigenvalue weighted by Gasteiger charge is 2.13. The summed E-state index contributed by atoms with van der Waals surface area (Å²) in [7, 11) is 0. The molecule has 0 radical (unpaired) electrons. The van der Waals surface area contributed by atoms with Crippen LogP contribution in [0.15, 0.2) is 63.1 Å². The van der Waals surface area contributed by atoms with E-state index in [1.54, 1.807) is 22.7 Å². The van der Waals surface area contributed by atoms with Crippen molar-refractivity contribution < 1.29 is 4.42 Å². The van der Waals surface area contributed by atoms with Gasteiger partial charge in [-0.15, -0.1) is 22.7 Å². The second-order valence-corrected chi connectivity index (χ2v) is 7.31. The monoisotopic (exact) mass is 324 g/mol. The van der Waals surface area contributed by atoms with Gasteiger partial charge in [0.25, 0.3) is 0 Å². The van der Waals surface area contributed by atoms with Crippen molar-refractivity contribution >= 4 is 33.6 Å². The Bertz CT molecular complexity index is 1010. The Labute approximate surface area is 135 Å². The predicted octanol–water partition coefficient (Wildman–Crippen LogP) is 5.56. The Balaban J connectivity index is 2.06. The first-order chi connectivity index (χ1) is 10.7. The van der Waals surface area contributed by atoms with Gasteiger partial charge in [0.05, 0.1) is 0 Å². The maximum Gasteiger partial charge on any atom is 0.336 e. The summed E-state index contributed by atoms with van der Waals surface area (Å²) in [5.41, 5.74) is 2.61. The van der Waals surface area contributed by atoms with Gasteiger partial charge in [-0.2, -0.15) is 0 Å². The number of benzene rings is 1. The van der Waals surface area contributed by atoms with E-state index in [1.807, 2.05) is 18.2 Å². The summed E-state index contributed by atoms with van der Waals surface area (Å²) in [5.74, 6) is 0. The van der Waals surface area contributed by atoms with Crippen LogP contribution in [0.5, 0.6) is 0 Å². The molecule has 108 valence electrons. The van der Waals surface area contributed by atoms with Crippen LogP contribution in [-0.4, -0.2) is 0 Å². The first-order valence-corrected chi connectivity index (χ1v) is 8.59. The first-order valence-electron chi connectivity index (χ1n) is 6.89. The molecule has 0 bridgehead atoms. The Kier molecular flexibility index (Phi) is 3.21. The topological polar surface area (TPSA) is 30.2 Å². The number of hydrogen-bond donors (Lipinski definition) is 0.